The van der Waals surface area contributed by atoms with Crippen molar-refractivity contribution in [3.8, 4) is 0 Å². The highest BCUT2D eigenvalue weighted by Gasteiger charge is 2.22. The number of rotatable bonds is 6. The zero-order valence-electron chi connectivity index (χ0n) is 10.1. The second-order valence-corrected chi connectivity index (χ2v) is 5.21. The lowest BCUT2D eigenvalue weighted by molar-refractivity contribution is -0.140. The molecule has 0 heterocycles. The summed E-state index contributed by atoms with van der Waals surface area (Å²) in [5.74, 6) is -3.07. The largest absolute Gasteiger partial charge is 0.481 e. The standard InChI is InChI=1S/C12H11BrClNO5/c13-8-2-1-6(14)5-7(8)11(18)15-9(12(19)20)3-4-10(16)17/h1-2,5,9H,3-4H2,(H,15,18)(H,16,17)(H,19,20)/t9-/m0/s1. The van der Waals surface area contributed by atoms with Gasteiger partial charge in [0.25, 0.3) is 5.91 Å². The molecule has 0 aliphatic heterocycles. The van der Waals surface area contributed by atoms with Gasteiger partial charge < -0.3 is 15.5 Å². The van der Waals surface area contributed by atoms with Crippen LogP contribution in [-0.4, -0.2) is 34.1 Å². The van der Waals surface area contributed by atoms with Crippen LogP contribution in [0.5, 0.6) is 0 Å². The summed E-state index contributed by atoms with van der Waals surface area (Å²) in [5, 5.41) is 20.1. The summed E-state index contributed by atoms with van der Waals surface area (Å²) < 4.78 is 0.460. The Kier molecular flexibility index (Phi) is 5.97. The third-order valence-corrected chi connectivity index (χ3v) is 3.35. The smallest absolute Gasteiger partial charge is 0.326 e. The van der Waals surface area contributed by atoms with E-state index < -0.39 is 23.9 Å². The highest BCUT2D eigenvalue weighted by atomic mass is 79.9. The van der Waals surface area contributed by atoms with E-state index in [4.69, 9.17) is 21.8 Å². The fourth-order valence-electron chi connectivity index (χ4n) is 1.43. The van der Waals surface area contributed by atoms with Gasteiger partial charge in [-0.2, -0.15) is 0 Å². The predicted molar refractivity (Wildman–Crippen MR) is 74.9 cm³/mol. The normalized spacial score (nSPS) is 11.7. The number of hydrogen-bond acceptors (Lipinski definition) is 3. The monoisotopic (exact) mass is 363 g/mol. The first-order valence-electron chi connectivity index (χ1n) is 5.51. The van der Waals surface area contributed by atoms with Gasteiger partial charge in [-0.1, -0.05) is 11.6 Å². The van der Waals surface area contributed by atoms with Crippen molar-refractivity contribution in [3.63, 3.8) is 0 Å². The van der Waals surface area contributed by atoms with Crippen LogP contribution in [0, 0.1) is 0 Å². The summed E-state index contributed by atoms with van der Waals surface area (Å²) in [4.78, 5) is 33.4. The number of carboxylic acids is 2. The van der Waals surface area contributed by atoms with E-state index >= 15 is 0 Å². The van der Waals surface area contributed by atoms with E-state index in [2.05, 4.69) is 21.2 Å². The molecular weight excluding hydrogens is 353 g/mol. The summed E-state index contributed by atoms with van der Waals surface area (Å²) in [5.41, 5.74) is 0.180. The zero-order valence-corrected chi connectivity index (χ0v) is 12.4. The molecule has 0 fully saturated rings. The minimum atomic E-state index is -1.29. The average molecular weight is 365 g/mol. The third-order valence-electron chi connectivity index (χ3n) is 2.42. The highest BCUT2D eigenvalue weighted by molar-refractivity contribution is 9.10. The molecule has 1 atom stereocenters. The molecule has 0 bridgehead atoms. The van der Waals surface area contributed by atoms with Crippen molar-refractivity contribution in [2.75, 3.05) is 0 Å². The van der Waals surface area contributed by atoms with E-state index in [1.807, 2.05) is 0 Å². The van der Waals surface area contributed by atoms with E-state index in [-0.39, 0.29) is 18.4 Å². The Morgan fingerprint density at radius 2 is 1.95 bits per heavy atom. The zero-order chi connectivity index (χ0) is 15.3. The SMILES string of the molecule is O=C(O)CC[C@H](NC(=O)c1cc(Cl)ccc1Br)C(=O)O. The van der Waals surface area contributed by atoms with Crippen LogP contribution in [0.3, 0.4) is 0 Å². The van der Waals surface area contributed by atoms with E-state index in [1.165, 1.54) is 6.07 Å². The molecule has 0 aliphatic rings. The molecular formula is C12H11BrClNO5. The van der Waals surface area contributed by atoms with Crippen molar-refractivity contribution in [2.24, 2.45) is 0 Å². The fourth-order valence-corrected chi connectivity index (χ4v) is 2.03. The fraction of sp³-hybridized carbons (Fsp3) is 0.250. The summed E-state index contributed by atoms with van der Waals surface area (Å²) in [6, 6.07) is 3.24. The molecule has 0 aromatic heterocycles. The maximum atomic E-state index is 12.0. The Balaban J connectivity index is 2.82. The molecule has 1 rings (SSSR count). The number of carboxylic acid groups (broad SMARTS) is 2. The number of benzene rings is 1. The van der Waals surface area contributed by atoms with Gasteiger partial charge in [0.05, 0.1) is 5.56 Å². The van der Waals surface area contributed by atoms with Crippen LogP contribution >= 0.6 is 27.5 Å². The van der Waals surface area contributed by atoms with Crippen LogP contribution < -0.4 is 5.32 Å². The number of carbonyl (C=O) groups is 3. The maximum absolute atomic E-state index is 12.0. The van der Waals surface area contributed by atoms with Crippen molar-refractivity contribution in [3.05, 3.63) is 33.3 Å². The summed E-state index contributed by atoms with van der Waals surface area (Å²) >= 11 is 8.93. The van der Waals surface area contributed by atoms with Gasteiger partial charge >= 0.3 is 11.9 Å². The Hall–Kier alpha value is -1.60. The number of carbonyl (C=O) groups excluding carboxylic acids is 1. The summed E-state index contributed by atoms with van der Waals surface area (Å²) in [6.45, 7) is 0. The minimum absolute atomic E-state index is 0.180. The average Bonchev–Trinajstić information content (AvgIpc) is 2.36. The Morgan fingerprint density at radius 1 is 1.30 bits per heavy atom. The number of halogens is 2. The van der Waals surface area contributed by atoms with Crippen molar-refractivity contribution in [2.45, 2.75) is 18.9 Å². The second kappa shape index (κ2) is 7.25. The molecule has 108 valence electrons. The molecule has 3 N–H and O–H groups in total. The molecule has 0 aliphatic carbocycles. The Morgan fingerprint density at radius 3 is 2.50 bits per heavy atom. The number of aliphatic carboxylic acids is 2. The van der Waals surface area contributed by atoms with Crippen molar-refractivity contribution in [1.82, 2.24) is 5.32 Å². The van der Waals surface area contributed by atoms with Crippen LogP contribution in [-0.2, 0) is 9.59 Å². The molecule has 0 spiro atoms. The topological polar surface area (TPSA) is 104 Å². The van der Waals surface area contributed by atoms with Crippen LogP contribution in [0.1, 0.15) is 23.2 Å². The molecule has 0 saturated carbocycles. The first kappa shape index (κ1) is 16.5. The van der Waals surface area contributed by atoms with Gasteiger partial charge in [0, 0.05) is 15.9 Å². The molecule has 1 aromatic rings. The lowest BCUT2D eigenvalue weighted by atomic mass is 10.1. The Labute approximate surface area is 127 Å². The second-order valence-electron chi connectivity index (χ2n) is 3.92. The van der Waals surface area contributed by atoms with Crippen molar-refractivity contribution in [1.29, 1.82) is 0 Å². The first-order chi connectivity index (χ1) is 9.31. The van der Waals surface area contributed by atoms with Crippen molar-refractivity contribution < 1.29 is 24.6 Å². The van der Waals surface area contributed by atoms with Crippen molar-refractivity contribution >= 4 is 45.4 Å². The van der Waals surface area contributed by atoms with E-state index in [9.17, 15) is 14.4 Å². The molecule has 6 nitrogen and oxygen atoms in total. The van der Waals surface area contributed by atoms with Crippen LogP contribution in [0.2, 0.25) is 5.02 Å². The van der Waals surface area contributed by atoms with Gasteiger partial charge in [0.15, 0.2) is 0 Å². The number of amides is 1. The molecule has 1 amide bonds. The molecule has 8 heteroatoms. The number of hydrogen-bond donors (Lipinski definition) is 3. The number of nitrogens with one attached hydrogen (secondary N) is 1. The lowest BCUT2D eigenvalue weighted by Crippen LogP contribution is -2.41. The van der Waals surface area contributed by atoms with Gasteiger partial charge in [-0.3, -0.25) is 9.59 Å². The van der Waals surface area contributed by atoms with Gasteiger partial charge in [0.1, 0.15) is 6.04 Å². The molecule has 0 saturated heterocycles. The molecule has 0 radical (unpaired) electrons. The first-order valence-corrected chi connectivity index (χ1v) is 6.69. The quantitative estimate of drug-likeness (QED) is 0.717. The van der Waals surface area contributed by atoms with E-state index in [0.717, 1.165) is 0 Å². The lowest BCUT2D eigenvalue weighted by Gasteiger charge is -2.14. The van der Waals surface area contributed by atoms with Crippen LogP contribution in [0.15, 0.2) is 22.7 Å². The van der Waals surface area contributed by atoms with E-state index in [0.29, 0.717) is 9.50 Å². The summed E-state index contributed by atoms with van der Waals surface area (Å²) in [7, 11) is 0. The molecule has 1 aromatic carbocycles. The summed E-state index contributed by atoms with van der Waals surface area (Å²) in [6.07, 6.45) is -0.553. The van der Waals surface area contributed by atoms with Gasteiger partial charge in [0.2, 0.25) is 0 Å². The third kappa shape index (κ3) is 4.82. The Bertz CT molecular complexity index is 549. The van der Waals surface area contributed by atoms with Crippen LogP contribution in [0.25, 0.3) is 0 Å². The highest BCUT2D eigenvalue weighted by Crippen LogP contribution is 2.21. The van der Waals surface area contributed by atoms with E-state index in [1.54, 1.807) is 12.1 Å². The van der Waals surface area contributed by atoms with Gasteiger partial charge in [-0.25, -0.2) is 4.79 Å². The van der Waals surface area contributed by atoms with Crippen LogP contribution in [0.4, 0.5) is 0 Å². The molecule has 0 unspecified atom stereocenters. The van der Waals surface area contributed by atoms with Gasteiger partial charge in [-0.15, -0.1) is 0 Å². The molecule has 20 heavy (non-hydrogen) atoms. The maximum Gasteiger partial charge on any atom is 0.326 e. The van der Waals surface area contributed by atoms with Gasteiger partial charge in [-0.05, 0) is 40.5 Å². The predicted octanol–water partition coefficient (Wildman–Crippen LogP) is 2.15. The minimum Gasteiger partial charge on any atom is -0.481 e.